The molecule has 0 fully saturated rings. The molecule has 0 aromatic heterocycles. The number of ether oxygens (including phenoxy) is 2. The number of methoxy groups -OCH3 is 1. The predicted molar refractivity (Wildman–Crippen MR) is 78.6 cm³/mol. The van der Waals surface area contributed by atoms with Crippen LogP contribution in [0.2, 0.25) is 0 Å². The zero-order valence-corrected chi connectivity index (χ0v) is 11.1. The van der Waals surface area contributed by atoms with Gasteiger partial charge < -0.3 is 9.47 Å². The molecule has 0 aliphatic carbocycles. The van der Waals surface area contributed by atoms with Crippen LogP contribution in [0, 0.1) is 0 Å². The fraction of sp³-hybridized carbons (Fsp3) is 0.176. The highest BCUT2D eigenvalue weighted by molar-refractivity contribution is 6.09. The lowest BCUT2D eigenvalue weighted by molar-refractivity contribution is -0.0373. The van der Waals surface area contributed by atoms with E-state index in [2.05, 4.69) is 42.5 Å². The average Bonchev–Trinajstić information content (AvgIpc) is 2.47. The molecule has 2 nitrogen and oxygen atoms in total. The maximum atomic E-state index is 5.80. The lowest BCUT2D eigenvalue weighted by Crippen LogP contribution is -2.13. The molecule has 0 spiro atoms. The molecule has 3 rings (SSSR count). The van der Waals surface area contributed by atoms with Crippen LogP contribution in [-0.4, -0.2) is 13.4 Å². The van der Waals surface area contributed by atoms with E-state index in [1.54, 1.807) is 7.11 Å². The highest BCUT2D eigenvalue weighted by atomic mass is 16.7. The lowest BCUT2D eigenvalue weighted by atomic mass is 10.0. The molecule has 1 atom stereocenters. The van der Waals surface area contributed by atoms with E-state index in [-0.39, 0.29) is 6.29 Å². The minimum absolute atomic E-state index is 0.253. The van der Waals surface area contributed by atoms with Crippen LogP contribution in [0.3, 0.4) is 0 Å². The summed E-state index contributed by atoms with van der Waals surface area (Å²) in [6.45, 7) is 1.89. The number of hydrogen-bond acceptors (Lipinski definition) is 2. The lowest BCUT2D eigenvalue weighted by Gasteiger charge is -2.15. The van der Waals surface area contributed by atoms with E-state index >= 15 is 0 Å². The molecule has 0 aliphatic heterocycles. The molecule has 3 aromatic rings. The van der Waals surface area contributed by atoms with Crippen molar-refractivity contribution in [1.82, 2.24) is 0 Å². The van der Waals surface area contributed by atoms with Crippen LogP contribution in [0.1, 0.15) is 6.92 Å². The number of rotatable bonds is 3. The number of benzene rings is 3. The Morgan fingerprint density at radius 1 is 0.789 bits per heavy atom. The molecule has 0 saturated heterocycles. The fourth-order valence-corrected chi connectivity index (χ4v) is 2.34. The second-order valence-electron chi connectivity index (χ2n) is 4.56. The summed E-state index contributed by atoms with van der Waals surface area (Å²) in [6, 6.07) is 18.7. The van der Waals surface area contributed by atoms with E-state index in [1.165, 1.54) is 16.2 Å². The van der Waals surface area contributed by atoms with Gasteiger partial charge in [-0.1, -0.05) is 48.5 Å². The van der Waals surface area contributed by atoms with Crippen LogP contribution in [0.25, 0.3) is 21.5 Å². The third-order valence-corrected chi connectivity index (χ3v) is 3.37. The van der Waals surface area contributed by atoms with Crippen LogP contribution in [0.4, 0.5) is 0 Å². The minimum atomic E-state index is -0.253. The zero-order valence-electron chi connectivity index (χ0n) is 11.1. The first-order valence-corrected chi connectivity index (χ1v) is 6.39. The number of fused-ring (bicyclic) bond motifs is 3. The maximum Gasteiger partial charge on any atom is 0.196 e. The van der Waals surface area contributed by atoms with Crippen LogP contribution < -0.4 is 4.74 Å². The third-order valence-electron chi connectivity index (χ3n) is 3.37. The Kier molecular flexibility index (Phi) is 3.10. The summed E-state index contributed by atoms with van der Waals surface area (Å²) >= 11 is 0. The van der Waals surface area contributed by atoms with Crippen LogP contribution in [-0.2, 0) is 4.74 Å². The molecule has 1 unspecified atom stereocenters. The molecule has 3 aromatic carbocycles. The van der Waals surface area contributed by atoms with Crippen molar-refractivity contribution in [2.45, 2.75) is 13.2 Å². The van der Waals surface area contributed by atoms with E-state index in [1.807, 2.05) is 19.1 Å². The molecule has 19 heavy (non-hydrogen) atoms. The molecule has 96 valence electrons. The highest BCUT2D eigenvalue weighted by Crippen LogP contribution is 2.31. The molecule has 0 saturated carbocycles. The smallest absolute Gasteiger partial charge is 0.196 e. The van der Waals surface area contributed by atoms with Gasteiger partial charge in [-0.2, -0.15) is 0 Å². The summed E-state index contributed by atoms with van der Waals surface area (Å²) in [5.41, 5.74) is 0. The Morgan fingerprint density at radius 3 is 2.42 bits per heavy atom. The topological polar surface area (TPSA) is 18.5 Å². The van der Waals surface area contributed by atoms with Crippen molar-refractivity contribution >= 4 is 21.5 Å². The molecule has 0 amide bonds. The monoisotopic (exact) mass is 252 g/mol. The predicted octanol–water partition coefficient (Wildman–Crippen LogP) is 4.36. The van der Waals surface area contributed by atoms with Crippen LogP contribution in [0.15, 0.2) is 54.6 Å². The Hall–Kier alpha value is -2.06. The molecule has 0 aliphatic rings. The first kappa shape index (κ1) is 12.0. The van der Waals surface area contributed by atoms with E-state index in [9.17, 15) is 0 Å². The van der Waals surface area contributed by atoms with Crippen molar-refractivity contribution in [3.63, 3.8) is 0 Å². The molecule has 2 heteroatoms. The van der Waals surface area contributed by atoms with Crippen molar-refractivity contribution in [1.29, 1.82) is 0 Å². The Bertz CT molecular complexity index is 719. The van der Waals surface area contributed by atoms with Gasteiger partial charge in [-0.05, 0) is 29.1 Å². The van der Waals surface area contributed by atoms with Crippen molar-refractivity contribution in [2.24, 2.45) is 0 Å². The summed E-state index contributed by atoms with van der Waals surface area (Å²) < 4.78 is 11.0. The van der Waals surface area contributed by atoms with Gasteiger partial charge in [0.1, 0.15) is 5.75 Å². The summed E-state index contributed by atoms with van der Waals surface area (Å²) in [7, 11) is 1.64. The van der Waals surface area contributed by atoms with E-state index in [0.717, 1.165) is 11.1 Å². The Labute approximate surface area is 112 Å². The molecule has 0 bridgehead atoms. The van der Waals surface area contributed by atoms with Gasteiger partial charge in [0.25, 0.3) is 0 Å². The molecule has 0 radical (unpaired) electrons. The molecule has 0 N–H and O–H groups in total. The van der Waals surface area contributed by atoms with Gasteiger partial charge in [0.2, 0.25) is 0 Å². The summed E-state index contributed by atoms with van der Waals surface area (Å²) in [5.74, 6) is 0.859. The van der Waals surface area contributed by atoms with Gasteiger partial charge in [-0.25, -0.2) is 0 Å². The van der Waals surface area contributed by atoms with Crippen molar-refractivity contribution < 1.29 is 9.47 Å². The van der Waals surface area contributed by atoms with Crippen molar-refractivity contribution in [3.05, 3.63) is 54.6 Å². The maximum absolute atomic E-state index is 5.80. The minimum Gasteiger partial charge on any atom is -0.465 e. The van der Waals surface area contributed by atoms with Gasteiger partial charge >= 0.3 is 0 Å². The van der Waals surface area contributed by atoms with Gasteiger partial charge in [0.05, 0.1) is 0 Å². The molecule has 0 heterocycles. The van der Waals surface area contributed by atoms with Gasteiger partial charge in [-0.3, -0.25) is 0 Å². The highest BCUT2D eigenvalue weighted by Gasteiger charge is 2.07. The Morgan fingerprint density at radius 2 is 1.58 bits per heavy atom. The van der Waals surface area contributed by atoms with E-state index in [4.69, 9.17) is 9.47 Å². The summed E-state index contributed by atoms with van der Waals surface area (Å²) in [5, 5.41) is 4.81. The van der Waals surface area contributed by atoms with Crippen molar-refractivity contribution in [3.8, 4) is 5.75 Å². The zero-order chi connectivity index (χ0) is 13.2. The SMILES string of the molecule is COC(C)Oc1cccc2c1ccc1ccccc12. The normalized spacial score (nSPS) is 12.7. The van der Waals surface area contributed by atoms with Crippen molar-refractivity contribution in [2.75, 3.05) is 7.11 Å². The molecular weight excluding hydrogens is 236 g/mol. The first-order chi connectivity index (χ1) is 9.29. The average molecular weight is 252 g/mol. The largest absolute Gasteiger partial charge is 0.465 e. The van der Waals surface area contributed by atoms with Gasteiger partial charge in [0.15, 0.2) is 6.29 Å². The van der Waals surface area contributed by atoms with Crippen LogP contribution >= 0.6 is 0 Å². The van der Waals surface area contributed by atoms with Crippen LogP contribution in [0.5, 0.6) is 5.75 Å². The first-order valence-electron chi connectivity index (χ1n) is 6.39. The molecular formula is C17H16O2. The van der Waals surface area contributed by atoms with E-state index < -0.39 is 0 Å². The third kappa shape index (κ3) is 2.15. The Balaban J connectivity index is 2.23. The van der Waals surface area contributed by atoms with Gasteiger partial charge in [0, 0.05) is 12.5 Å². The summed E-state index contributed by atoms with van der Waals surface area (Å²) in [4.78, 5) is 0. The second-order valence-corrected chi connectivity index (χ2v) is 4.56. The standard InChI is InChI=1S/C17H16O2/c1-12(18-2)19-17-9-5-8-15-14-7-4-3-6-13(14)10-11-16(15)17/h3-12H,1-2H3. The number of hydrogen-bond donors (Lipinski definition) is 0. The summed E-state index contributed by atoms with van der Waals surface area (Å²) in [6.07, 6.45) is -0.253. The van der Waals surface area contributed by atoms with Gasteiger partial charge in [-0.15, -0.1) is 0 Å². The van der Waals surface area contributed by atoms with E-state index in [0.29, 0.717) is 0 Å². The quantitative estimate of drug-likeness (QED) is 0.509. The second kappa shape index (κ2) is 4.90. The fourth-order valence-electron chi connectivity index (χ4n) is 2.34.